The van der Waals surface area contributed by atoms with Crippen molar-refractivity contribution < 1.29 is 9.84 Å². The molecule has 0 aliphatic rings. The first-order chi connectivity index (χ1) is 7.69. The lowest BCUT2D eigenvalue weighted by Crippen LogP contribution is -1.96. The van der Waals surface area contributed by atoms with Crippen LogP contribution in [0.25, 0.3) is 0 Å². The molecule has 1 heterocycles. The van der Waals surface area contributed by atoms with Gasteiger partial charge in [0.05, 0.1) is 6.20 Å². The van der Waals surface area contributed by atoms with Gasteiger partial charge in [-0.25, -0.2) is 0 Å². The van der Waals surface area contributed by atoms with Gasteiger partial charge in [0, 0.05) is 12.6 Å². The third-order valence-corrected chi connectivity index (χ3v) is 2.13. The quantitative estimate of drug-likeness (QED) is 0.827. The van der Waals surface area contributed by atoms with E-state index in [0.717, 1.165) is 6.54 Å². The van der Waals surface area contributed by atoms with Gasteiger partial charge in [0.15, 0.2) is 0 Å². The van der Waals surface area contributed by atoms with Gasteiger partial charge >= 0.3 is 6.01 Å². The van der Waals surface area contributed by atoms with Gasteiger partial charge in [0.1, 0.15) is 17.3 Å². The number of imidazole rings is 1. The SMILES string of the molecule is CCn1cc(N)nc1Oc1cccc(O)c1. The molecular formula is C11H13N3O2. The Hall–Kier alpha value is -2.17. The number of anilines is 1. The lowest BCUT2D eigenvalue weighted by Gasteiger charge is -2.06. The number of aromatic nitrogens is 2. The van der Waals surface area contributed by atoms with E-state index in [1.807, 2.05) is 6.92 Å². The van der Waals surface area contributed by atoms with Crippen LogP contribution in [0.2, 0.25) is 0 Å². The number of aromatic hydroxyl groups is 1. The monoisotopic (exact) mass is 219 g/mol. The maximum absolute atomic E-state index is 9.29. The van der Waals surface area contributed by atoms with Gasteiger partial charge in [-0.1, -0.05) is 6.07 Å². The van der Waals surface area contributed by atoms with Crippen LogP contribution in [0.1, 0.15) is 6.92 Å². The fourth-order valence-electron chi connectivity index (χ4n) is 1.38. The van der Waals surface area contributed by atoms with Crippen molar-refractivity contribution >= 4 is 5.82 Å². The molecule has 1 aromatic carbocycles. The molecule has 5 heteroatoms. The molecule has 0 amide bonds. The molecule has 2 rings (SSSR count). The Morgan fingerprint density at radius 2 is 2.31 bits per heavy atom. The Labute approximate surface area is 93.1 Å². The largest absolute Gasteiger partial charge is 0.508 e. The highest BCUT2D eigenvalue weighted by Gasteiger charge is 2.07. The molecule has 0 aliphatic heterocycles. The van der Waals surface area contributed by atoms with E-state index in [0.29, 0.717) is 17.6 Å². The first-order valence-corrected chi connectivity index (χ1v) is 4.98. The number of nitrogens with zero attached hydrogens (tertiary/aromatic N) is 2. The molecule has 0 saturated heterocycles. The summed E-state index contributed by atoms with van der Waals surface area (Å²) < 4.78 is 7.30. The molecule has 0 fully saturated rings. The summed E-state index contributed by atoms with van der Waals surface area (Å²) in [5, 5.41) is 9.29. The minimum Gasteiger partial charge on any atom is -0.508 e. The number of phenolic OH excluding ortho intramolecular Hbond substituents is 1. The summed E-state index contributed by atoms with van der Waals surface area (Å²) in [5.74, 6) is 1.09. The van der Waals surface area contributed by atoms with Gasteiger partial charge < -0.3 is 15.6 Å². The summed E-state index contributed by atoms with van der Waals surface area (Å²) in [5.41, 5.74) is 5.58. The minimum atomic E-state index is 0.153. The van der Waals surface area contributed by atoms with Crippen molar-refractivity contribution in [1.82, 2.24) is 9.55 Å². The number of benzene rings is 1. The van der Waals surface area contributed by atoms with Crippen molar-refractivity contribution in [3.8, 4) is 17.5 Å². The van der Waals surface area contributed by atoms with Crippen LogP contribution in [0.15, 0.2) is 30.5 Å². The Kier molecular flexibility index (Phi) is 2.68. The van der Waals surface area contributed by atoms with Crippen molar-refractivity contribution in [2.75, 3.05) is 5.73 Å². The van der Waals surface area contributed by atoms with Crippen molar-refractivity contribution in [1.29, 1.82) is 0 Å². The highest BCUT2D eigenvalue weighted by molar-refractivity contribution is 5.35. The maximum atomic E-state index is 9.29. The molecule has 0 spiro atoms. The van der Waals surface area contributed by atoms with Gasteiger partial charge in [-0.2, -0.15) is 4.98 Å². The van der Waals surface area contributed by atoms with Crippen molar-refractivity contribution in [3.05, 3.63) is 30.5 Å². The maximum Gasteiger partial charge on any atom is 0.303 e. The standard InChI is InChI=1S/C11H13N3O2/c1-2-14-7-10(12)13-11(14)16-9-5-3-4-8(15)6-9/h3-7,15H,2,12H2,1H3. The summed E-state index contributed by atoms with van der Waals surface area (Å²) >= 11 is 0. The molecule has 0 unspecified atom stereocenters. The Balaban J connectivity index is 2.26. The molecule has 84 valence electrons. The predicted octanol–water partition coefficient (Wildman–Crippen LogP) is 1.98. The molecule has 0 bridgehead atoms. The van der Waals surface area contributed by atoms with Crippen LogP contribution in [-0.2, 0) is 6.54 Å². The van der Waals surface area contributed by atoms with E-state index in [2.05, 4.69) is 4.98 Å². The van der Waals surface area contributed by atoms with E-state index >= 15 is 0 Å². The number of nitrogens with two attached hydrogens (primary N) is 1. The summed E-state index contributed by atoms with van der Waals surface area (Å²) in [6.07, 6.45) is 1.71. The number of hydrogen-bond donors (Lipinski definition) is 2. The number of hydrogen-bond acceptors (Lipinski definition) is 4. The topological polar surface area (TPSA) is 73.3 Å². The smallest absolute Gasteiger partial charge is 0.303 e. The van der Waals surface area contributed by atoms with Gasteiger partial charge in [-0.05, 0) is 19.1 Å². The van der Waals surface area contributed by atoms with Crippen LogP contribution in [0.5, 0.6) is 17.5 Å². The lowest BCUT2D eigenvalue weighted by molar-refractivity contribution is 0.409. The first-order valence-electron chi connectivity index (χ1n) is 4.98. The third kappa shape index (κ3) is 2.08. The first kappa shape index (κ1) is 10.4. The fourth-order valence-corrected chi connectivity index (χ4v) is 1.38. The van der Waals surface area contributed by atoms with Gasteiger partial charge in [0.2, 0.25) is 0 Å². The average molecular weight is 219 g/mol. The Bertz CT molecular complexity index is 494. The molecule has 3 N–H and O–H groups in total. The Morgan fingerprint density at radius 3 is 3.00 bits per heavy atom. The van der Waals surface area contributed by atoms with Crippen molar-refractivity contribution in [3.63, 3.8) is 0 Å². The van der Waals surface area contributed by atoms with Gasteiger partial charge in [-0.3, -0.25) is 4.57 Å². The summed E-state index contributed by atoms with van der Waals surface area (Å²) in [7, 11) is 0. The van der Waals surface area contributed by atoms with E-state index in [1.54, 1.807) is 29.0 Å². The van der Waals surface area contributed by atoms with E-state index in [4.69, 9.17) is 10.5 Å². The number of ether oxygens (including phenoxy) is 1. The molecule has 0 atom stereocenters. The zero-order valence-electron chi connectivity index (χ0n) is 8.92. The van der Waals surface area contributed by atoms with Crippen LogP contribution in [0.3, 0.4) is 0 Å². The summed E-state index contributed by atoms with van der Waals surface area (Å²) in [4.78, 5) is 4.04. The predicted molar refractivity (Wildman–Crippen MR) is 60.5 cm³/mol. The van der Waals surface area contributed by atoms with Crippen molar-refractivity contribution in [2.24, 2.45) is 0 Å². The number of aryl methyl sites for hydroxylation is 1. The normalized spacial score (nSPS) is 10.3. The summed E-state index contributed by atoms with van der Waals surface area (Å²) in [6.45, 7) is 2.69. The van der Waals surface area contributed by atoms with Crippen LogP contribution in [0, 0.1) is 0 Å². The Morgan fingerprint density at radius 1 is 1.50 bits per heavy atom. The van der Waals surface area contributed by atoms with Gasteiger partial charge in [0.25, 0.3) is 0 Å². The molecule has 0 radical (unpaired) electrons. The van der Waals surface area contributed by atoms with Crippen LogP contribution in [0.4, 0.5) is 5.82 Å². The molecule has 0 aliphatic carbocycles. The number of nitrogen functional groups attached to an aromatic ring is 1. The van der Waals surface area contributed by atoms with Crippen LogP contribution in [-0.4, -0.2) is 14.7 Å². The molecule has 1 aromatic heterocycles. The molecule has 2 aromatic rings. The van der Waals surface area contributed by atoms with E-state index in [9.17, 15) is 5.11 Å². The van der Waals surface area contributed by atoms with Crippen molar-refractivity contribution in [2.45, 2.75) is 13.5 Å². The molecular weight excluding hydrogens is 206 g/mol. The second-order valence-electron chi connectivity index (χ2n) is 3.33. The highest BCUT2D eigenvalue weighted by atomic mass is 16.5. The van der Waals surface area contributed by atoms with E-state index < -0.39 is 0 Å². The summed E-state index contributed by atoms with van der Waals surface area (Å²) in [6, 6.07) is 6.96. The zero-order valence-corrected chi connectivity index (χ0v) is 8.92. The molecule has 0 saturated carbocycles. The number of phenols is 1. The average Bonchev–Trinajstić information content (AvgIpc) is 2.59. The minimum absolute atomic E-state index is 0.153. The zero-order chi connectivity index (χ0) is 11.5. The highest BCUT2D eigenvalue weighted by Crippen LogP contribution is 2.24. The second kappa shape index (κ2) is 4.14. The van der Waals surface area contributed by atoms with Gasteiger partial charge in [-0.15, -0.1) is 0 Å². The second-order valence-corrected chi connectivity index (χ2v) is 3.33. The van der Waals surface area contributed by atoms with E-state index in [1.165, 1.54) is 6.07 Å². The van der Waals surface area contributed by atoms with Crippen LogP contribution < -0.4 is 10.5 Å². The fraction of sp³-hybridized carbons (Fsp3) is 0.182. The van der Waals surface area contributed by atoms with E-state index in [-0.39, 0.29) is 5.75 Å². The number of rotatable bonds is 3. The molecule has 5 nitrogen and oxygen atoms in total. The molecule has 16 heavy (non-hydrogen) atoms. The van der Waals surface area contributed by atoms with Crippen LogP contribution >= 0.6 is 0 Å². The lowest BCUT2D eigenvalue weighted by atomic mass is 10.3. The third-order valence-electron chi connectivity index (χ3n) is 2.13.